The number of likely N-dealkylation sites (tertiary alicyclic amines) is 1. The molecule has 0 bridgehead atoms. The average Bonchev–Trinajstić information content (AvgIpc) is 2.74. The third kappa shape index (κ3) is 6.54. The Kier molecular flexibility index (Phi) is 7.60. The molecule has 0 aliphatic carbocycles. The van der Waals surface area contributed by atoms with E-state index in [1.807, 2.05) is 30.3 Å². The van der Waals surface area contributed by atoms with Crippen molar-refractivity contribution in [2.24, 2.45) is 5.92 Å². The molecule has 2 amide bonds. The largest absolute Gasteiger partial charge is 0.497 e. The number of nitrogens with zero attached hydrogens (tertiary/aromatic N) is 2. The standard InChI is InChI=1S/C21H25BrN4O3/c1-29-18-4-2-3-15(11-18)12-24-20(27)14-26-9-7-16(8-10-26)21(28)25-19-6-5-17(22)13-23-19/h2-6,11,13,16H,7-10,12,14H2,1H3,(H,24,27)(H,23,25,28). The SMILES string of the molecule is COc1cccc(CNC(=O)CN2CCC(C(=O)Nc3ccc(Br)cn3)CC2)c1. The zero-order chi connectivity index (χ0) is 20.6. The number of methoxy groups -OCH3 is 1. The van der Waals surface area contributed by atoms with E-state index in [2.05, 4.69) is 36.4 Å². The molecule has 154 valence electrons. The zero-order valence-corrected chi connectivity index (χ0v) is 17.9. The van der Waals surface area contributed by atoms with Gasteiger partial charge in [-0.1, -0.05) is 12.1 Å². The Morgan fingerprint density at radius 1 is 1.24 bits per heavy atom. The predicted molar refractivity (Wildman–Crippen MR) is 115 cm³/mol. The van der Waals surface area contributed by atoms with E-state index in [0.29, 0.717) is 18.9 Å². The van der Waals surface area contributed by atoms with Crippen molar-refractivity contribution >= 4 is 33.6 Å². The van der Waals surface area contributed by atoms with Gasteiger partial charge in [-0.25, -0.2) is 4.98 Å². The predicted octanol–water partition coefficient (Wildman–Crippen LogP) is 2.82. The lowest BCUT2D eigenvalue weighted by atomic mass is 9.96. The number of hydrogen-bond donors (Lipinski definition) is 2. The highest BCUT2D eigenvalue weighted by Crippen LogP contribution is 2.19. The van der Waals surface area contributed by atoms with Gasteiger partial charge in [0.05, 0.1) is 13.7 Å². The fraction of sp³-hybridized carbons (Fsp3) is 0.381. The van der Waals surface area contributed by atoms with Crippen LogP contribution in [0.25, 0.3) is 0 Å². The molecule has 1 aliphatic heterocycles. The Labute approximate surface area is 179 Å². The molecule has 29 heavy (non-hydrogen) atoms. The number of piperidine rings is 1. The third-order valence-electron chi connectivity index (χ3n) is 4.93. The molecule has 2 aromatic rings. The molecule has 1 aromatic carbocycles. The molecular formula is C21H25BrN4O3. The highest BCUT2D eigenvalue weighted by atomic mass is 79.9. The molecule has 3 rings (SSSR count). The van der Waals surface area contributed by atoms with Crippen LogP contribution < -0.4 is 15.4 Å². The van der Waals surface area contributed by atoms with Crippen LogP contribution in [0.1, 0.15) is 18.4 Å². The molecule has 0 unspecified atom stereocenters. The maximum absolute atomic E-state index is 12.4. The van der Waals surface area contributed by atoms with Gasteiger partial charge < -0.3 is 15.4 Å². The van der Waals surface area contributed by atoms with Gasteiger partial charge >= 0.3 is 0 Å². The van der Waals surface area contributed by atoms with Gasteiger partial charge in [0.25, 0.3) is 0 Å². The van der Waals surface area contributed by atoms with Crippen molar-refractivity contribution in [1.29, 1.82) is 0 Å². The number of amides is 2. The van der Waals surface area contributed by atoms with Gasteiger partial charge in [0, 0.05) is 23.1 Å². The van der Waals surface area contributed by atoms with Crippen LogP contribution in [0, 0.1) is 5.92 Å². The number of halogens is 1. The lowest BCUT2D eigenvalue weighted by Gasteiger charge is -2.30. The molecule has 2 N–H and O–H groups in total. The summed E-state index contributed by atoms with van der Waals surface area (Å²) in [5.74, 6) is 1.24. The summed E-state index contributed by atoms with van der Waals surface area (Å²) >= 11 is 3.33. The van der Waals surface area contributed by atoms with E-state index >= 15 is 0 Å². The number of benzene rings is 1. The minimum atomic E-state index is -0.0588. The fourth-order valence-corrected chi connectivity index (χ4v) is 3.51. The number of anilines is 1. The van der Waals surface area contributed by atoms with Gasteiger partial charge in [-0.15, -0.1) is 0 Å². The summed E-state index contributed by atoms with van der Waals surface area (Å²) in [5, 5.41) is 5.80. The van der Waals surface area contributed by atoms with Crippen molar-refractivity contribution in [2.45, 2.75) is 19.4 Å². The van der Waals surface area contributed by atoms with Crippen LogP contribution in [0.3, 0.4) is 0 Å². The molecule has 8 heteroatoms. The summed E-state index contributed by atoms with van der Waals surface area (Å²) in [6, 6.07) is 11.2. The van der Waals surface area contributed by atoms with Crippen molar-refractivity contribution in [2.75, 3.05) is 32.1 Å². The summed E-state index contributed by atoms with van der Waals surface area (Å²) in [6.45, 7) is 2.25. The molecule has 0 radical (unpaired) electrons. The number of hydrogen-bond acceptors (Lipinski definition) is 5. The lowest BCUT2D eigenvalue weighted by molar-refractivity contribution is -0.123. The number of nitrogens with one attached hydrogen (secondary N) is 2. The number of ether oxygens (including phenoxy) is 1. The van der Waals surface area contributed by atoms with Gasteiger partial charge in [0.1, 0.15) is 11.6 Å². The molecule has 1 fully saturated rings. The van der Waals surface area contributed by atoms with Crippen LogP contribution in [0.5, 0.6) is 5.75 Å². The monoisotopic (exact) mass is 460 g/mol. The first-order chi connectivity index (χ1) is 14.0. The topological polar surface area (TPSA) is 83.6 Å². The average molecular weight is 461 g/mol. The van der Waals surface area contributed by atoms with E-state index < -0.39 is 0 Å². The van der Waals surface area contributed by atoms with Crippen LogP contribution in [0.2, 0.25) is 0 Å². The number of pyridine rings is 1. The normalized spacial score (nSPS) is 15.0. The maximum atomic E-state index is 12.4. The van der Waals surface area contributed by atoms with Gasteiger partial charge in [0.15, 0.2) is 0 Å². The molecule has 1 aliphatic rings. The van der Waals surface area contributed by atoms with E-state index in [0.717, 1.165) is 41.7 Å². The Balaban J connectivity index is 1.39. The Morgan fingerprint density at radius 3 is 2.72 bits per heavy atom. The van der Waals surface area contributed by atoms with Gasteiger partial charge in [-0.2, -0.15) is 0 Å². The molecule has 7 nitrogen and oxygen atoms in total. The van der Waals surface area contributed by atoms with Crippen molar-refractivity contribution in [3.63, 3.8) is 0 Å². The van der Waals surface area contributed by atoms with Crippen LogP contribution in [0.15, 0.2) is 47.1 Å². The van der Waals surface area contributed by atoms with E-state index in [-0.39, 0.29) is 17.7 Å². The Bertz CT molecular complexity index is 836. The second kappa shape index (κ2) is 10.4. The summed E-state index contributed by atoms with van der Waals surface area (Å²) in [5.41, 5.74) is 0.995. The van der Waals surface area contributed by atoms with Crippen molar-refractivity contribution in [3.8, 4) is 5.75 Å². The molecular weight excluding hydrogens is 436 g/mol. The van der Waals surface area contributed by atoms with Crippen LogP contribution in [-0.2, 0) is 16.1 Å². The van der Waals surface area contributed by atoms with Gasteiger partial charge in [-0.3, -0.25) is 14.5 Å². The fourth-order valence-electron chi connectivity index (χ4n) is 3.27. The number of aromatic nitrogens is 1. The molecule has 1 aromatic heterocycles. The quantitative estimate of drug-likeness (QED) is 0.663. The molecule has 0 spiro atoms. The lowest BCUT2D eigenvalue weighted by Crippen LogP contribution is -2.43. The first kappa shape index (κ1) is 21.3. The Hall–Kier alpha value is -2.45. The minimum Gasteiger partial charge on any atom is -0.497 e. The molecule has 0 atom stereocenters. The number of rotatable bonds is 7. The second-order valence-electron chi connectivity index (χ2n) is 7.03. The Morgan fingerprint density at radius 2 is 2.03 bits per heavy atom. The van der Waals surface area contributed by atoms with E-state index in [4.69, 9.17) is 4.74 Å². The van der Waals surface area contributed by atoms with Crippen LogP contribution in [0.4, 0.5) is 5.82 Å². The summed E-state index contributed by atoms with van der Waals surface area (Å²) in [7, 11) is 1.62. The van der Waals surface area contributed by atoms with Crippen LogP contribution in [-0.4, -0.2) is 48.4 Å². The smallest absolute Gasteiger partial charge is 0.234 e. The number of carbonyl (C=O) groups is 2. The molecule has 0 saturated carbocycles. The second-order valence-corrected chi connectivity index (χ2v) is 7.95. The zero-order valence-electron chi connectivity index (χ0n) is 16.4. The summed E-state index contributed by atoms with van der Waals surface area (Å²) in [4.78, 5) is 30.9. The van der Waals surface area contributed by atoms with Crippen molar-refractivity contribution in [3.05, 3.63) is 52.6 Å². The third-order valence-corrected chi connectivity index (χ3v) is 5.40. The van der Waals surface area contributed by atoms with E-state index in [1.54, 1.807) is 19.4 Å². The van der Waals surface area contributed by atoms with Crippen molar-refractivity contribution in [1.82, 2.24) is 15.2 Å². The molecule has 2 heterocycles. The highest BCUT2D eigenvalue weighted by molar-refractivity contribution is 9.10. The van der Waals surface area contributed by atoms with Crippen LogP contribution >= 0.6 is 15.9 Å². The summed E-state index contributed by atoms with van der Waals surface area (Å²) < 4.78 is 6.06. The number of carbonyl (C=O) groups excluding carboxylic acids is 2. The van der Waals surface area contributed by atoms with Crippen molar-refractivity contribution < 1.29 is 14.3 Å². The van der Waals surface area contributed by atoms with Gasteiger partial charge in [-0.05, 0) is 71.7 Å². The maximum Gasteiger partial charge on any atom is 0.234 e. The highest BCUT2D eigenvalue weighted by Gasteiger charge is 2.26. The van der Waals surface area contributed by atoms with E-state index in [1.165, 1.54) is 0 Å². The first-order valence-electron chi connectivity index (χ1n) is 9.58. The minimum absolute atomic E-state index is 0.0121. The summed E-state index contributed by atoms with van der Waals surface area (Å²) in [6.07, 6.45) is 3.11. The van der Waals surface area contributed by atoms with Gasteiger partial charge in [0.2, 0.25) is 11.8 Å². The first-order valence-corrected chi connectivity index (χ1v) is 10.4. The molecule has 1 saturated heterocycles. The van der Waals surface area contributed by atoms with E-state index in [9.17, 15) is 9.59 Å².